The zero-order chi connectivity index (χ0) is 12.8. The Morgan fingerprint density at radius 3 is 2.82 bits per heavy atom. The molecule has 4 heteroatoms. The number of halogens is 1. The summed E-state index contributed by atoms with van der Waals surface area (Å²) in [5, 5.41) is 9.49. The minimum Gasteiger partial charge on any atom is -0.504 e. The predicted octanol–water partition coefficient (Wildman–Crippen LogP) is 2.95. The van der Waals surface area contributed by atoms with Crippen molar-refractivity contribution in [3.05, 3.63) is 54.9 Å². The highest BCUT2D eigenvalue weighted by atomic mass is 19.1. The molecule has 0 heterocycles. The van der Waals surface area contributed by atoms with E-state index in [2.05, 4.69) is 13.2 Å². The fraction of sp³-hybridized carbons (Fsp3) is 0.0769. The molecule has 0 fully saturated rings. The highest BCUT2D eigenvalue weighted by molar-refractivity contribution is 5.51. The lowest BCUT2D eigenvalue weighted by molar-refractivity contribution is 0.331. The van der Waals surface area contributed by atoms with Crippen LogP contribution in [0.4, 0.5) is 10.1 Å². The average Bonchev–Trinajstić information content (AvgIpc) is 2.27. The number of nitrogens with two attached hydrogens (primary N) is 1. The maximum absolute atomic E-state index is 12.8. The number of benzene rings is 1. The van der Waals surface area contributed by atoms with E-state index in [0.29, 0.717) is 11.3 Å². The van der Waals surface area contributed by atoms with Crippen molar-refractivity contribution in [1.29, 1.82) is 0 Å². The number of anilines is 1. The van der Waals surface area contributed by atoms with E-state index in [1.165, 1.54) is 18.2 Å². The van der Waals surface area contributed by atoms with E-state index in [1.807, 2.05) is 0 Å². The Morgan fingerprint density at radius 2 is 2.24 bits per heavy atom. The number of phenols is 1. The molecule has 0 unspecified atom stereocenters. The van der Waals surface area contributed by atoms with Crippen LogP contribution in [-0.4, -0.2) is 11.7 Å². The summed E-state index contributed by atoms with van der Waals surface area (Å²) < 4.78 is 18.0. The fourth-order valence-corrected chi connectivity index (χ4v) is 1.12. The standard InChI is InChI=1S/C13H14FNO2/c1-3-10(14)6-9(2)8-17-13-5-4-11(15)7-12(13)16/h3-7,16H,1-2,8,15H2/b10-6+. The summed E-state index contributed by atoms with van der Waals surface area (Å²) in [4.78, 5) is 0. The van der Waals surface area contributed by atoms with Crippen LogP contribution in [0.1, 0.15) is 0 Å². The predicted molar refractivity (Wildman–Crippen MR) is 66.5 cm³/mol. The topological polar surface area (TPSA) is 55.5 Å². The monoisotopic (exact) mass is 235 g/mol. The van der Waals surface area contributed by atoms with Crippen molar-refractivity contribution in [1.82, 2.24) is 0 Å². The van der Waals surface area contributed by atoms with Gasteiger partial charge in [-0.05, 0) is 29.9 Å². The zero-order valence-corrected chi connectivity index (χ0v) is 9.32. The molecule has 0 saturated carbocycles. The number of nitrogen functional groups attached to an aromatic ring is 1. The van der Waals surface area contributed by atoms with Gasteiger partial charge in [0.2, 0.25) is 0 Å². The Kier molecular flexibility index (Phi) is 4.34. The van der Waals surface area contributed by atoms with Gasteiger partial charge in [-0.3, -0.25) is 0 Å². The molecule has 0 radical (unpaired) electrons. The molecule has 1 aromatic rings. The van der Waals surface area contributed by atoms with Crippen molar-refractivity contribution in [3.8, 4) is 11.5 Å². The molecule has 0 saturated heterocycles. The lowest BCUT2D eigenvalue weighted by Gasteiger charge is -2.08. The van der Waals surface area contributed by atoms with Crippen LogP contribution in [0.5, 0.6) is 11.5 Å². The van der Waals surface area contributed by atoms with Crippen molar-refractivity contribution in [2.75, 3.05) is 12.3 Å². The van der Waals surface area contributed by atoms with Crippen molar-refractivity contribution < 1.29 is 14.2 Å². The quantitative estimate of drug-likeness (QED) is 0.609. The summed E-state index contributed by atoms with van der Waals surface area (Å²) >= 11 is 0. The molecule has 0 aliphatic heterocycles. The second-order valence-electron chi connectivity index (χ2n) is 3.41. The largest absolute Gasteiger partial charge is 0.504 e. The third-order valence-corrected chi connectivity index (χ3v) is 1.93. The van der Waals surface area contributed by atoms with Gasteiger partial charge < -0.3 is 15.6 Å². The van der Waals surface area contributed by atoms with Gasteiger partial charge in [0, 0.05) is 11.8 Å². The molecule has 90 valence electrons. The van der Waals surface area contributed by atoms with Gasteiger partial charge in [-0.2, -0.15) is 0 Å². The number of ether oxygens (including phenoxy) is 1. The maximum atomic E-state index is 12.8. The zero-order valence-electron chi connectivity index (χ0n) is 9.32. The van der Waals surface area contributed by atoms with Crippen molar-refractivity contribution in [3.63, 3.8) is 0 Å². The summed E-state index contributed by atoms with van der Waals surface area (Å²) in [6.07, 6.45) is 2.28. The molecule has 0 bridgehead atoms. The van der Waals surface area contributed by atoms with Gasteiger partial charge in [0.05, 0.1) is 0 Å². The molecular formula is C13H14FNO2. The fourth-order valence-electron chi connectivity index (χ4n) is 1.12. The van der Waals surface area contributed by atoms with E-state index in [0.717, 1.165) is 6.08 Å². The number of allylic oxidation sites excluding steroid dienone is 2. The van der Waals surface area contributed by atoms with Gasteiger partial charge in [-0.1, -0.05) is 13.2 Å². The van der Waals surface area contributed by atoms with E-state index in [9.17, 15) is 9.50 Å². The normalized spacial score (nSPS) is 11.0. The first kappa shape index (κ1) is 12.8. The summed E-state index contributed by atoms with van der Waals surface area (Å²) in [7, 11) is 0. The van der Waals surface area contributed by atoms with Crippen LogP contribution in [0.2, 0.25) is 0 Å². The van der Waals surface area contributed by atoms with Crippen LogP contribution in [0.25, 0.3) is 0 Å². The van der Waals surface area contributed by atoms with Crippen LogP contribution in [-0.2, 0) is 0 Å². The molecule has 17 heavy (non-hydrogen) atoms. The Bertz CT molecular complexity index is 466. The Morgan fingerprint density at radius 1 is 1.53 bits per heavy atom. The molecule has 1 aromatic carbocycles. The van der Waals surface area contributed by atoms with Crippen LogP contribution in [0, 0.1) is 0 Å². The summed E-state index contributed by atoms with van der Waals surface area (Å²) in [6.45, 7) is 6.95. The van der Waals surface area contributed by atoms with Gasteiger partial charge in [0.1, 0.15) is 12.4 Å². The summed E-state index contributed by atoms with van der Waals surface area (Å²) in [6, 6.07) is 4.50. The number of hydrogen-bond donors (Lipinski definition) is 2. The van der Waals surface area contributed by atoms with Crippen LogP contribution in [0.3, 0.4) is 0 Å². The minimum absolute atomic E-state index is 0.0639. The van der Waals surface area contributed by atoms with Gasteiger partial charge in [-0.25, -0.2) is 4.39 Å². The third kappa shape index (κ3) is 4.03. The maximum Gasteiger partial charge on any atom is 0.161 e. The van der Waals surface area contributed by atoms with Gasteiger partial charge in [-0.15, -0.1) is 0 Å². The Balaban J connectivity index is 2.62. The highest BCUT2D eigenvalue weighted by Gasteiger charge is 2.03. The van der Waals surface area contributed by atoms with Gasteiger partial charge in [0.15, 0.2) is 11.5 Å². The van der Waals surface area contributed by atoms with Crippen molar-refractivity contribution in [2.24, 2.45) is 0 Å². The third-order valence-electron chi connectivity index (χ3n) is 1.93. The van der Waals surface area contributed by atoms with Crippen LogP contribution in [0.15, 0.2) is 54.9 Å². The Hall–Kier alpha value is -2.23. The van der Waals surface area contributed by atoms with Gasteiger partial charge >= 0.3 is 0 Å². The Labute approximate surface area is 99.3 Å². The van der Waals surface area contributed by atoms with E-state index >= 15 is 0 Å². The van der Waals surface area contributed by atoms with Crippen molar-refractivity contribution in [2.45, 2.75) is 0 Å². The molecule has 3 N–H and O–H groups in total. The molecule has 1 rings (SSSR count). The lowest BCUT2D eigenvalue weighted by Crippen LogP contribution is -1.99. The van der Waals surface area contributed by atoms with E-state index < -0.39 is 5.83 Å². The van der Waals surface area contributed by atoms with E-state index in [4.69, 9.17) is 10.5 Å². The molecule has 0 aliphatic carbocycles. The molecule has 0 spiro atoms. The van der Waals surface area contributed by atoms with Crippen LogP contribution < -0.4 is 10.5 Å². The molecule has 0 aliphatic rings. The van der Waals surface area contributed by atoms with E-state index in [-0.39, 0.29) is 18.1 Å². The first-order valence-corrected chi connectivity index (χ1v) is 4.91. The second-order valence-corrected chi connectivity index (χ2v) is 3.41. The van der Waals surface area contributed by atoms with Crippen molar-refractivity contribution >= 4 is 5.69 Å². The van der Waals surface area contributed by atoms with E-state index in [1.54, 1.807) is 6.07 Å². The smallest absolute Gasteiger partial charge is 0.161 e. The molecular weight excluding hydrogens is 221 g/mol. The molecule has 0 amide bonds. The molecule has 0 aromatic heterocycles. The highest BCUT2D eigenvalue weighted by Crippen LogP contribution is 2.28. The number of rotatable bonds is 5. The number of hydrogen-bond acceptors (Lipinski definition) is 3. The van der Waals surface area contributed by atoms with Gasteiger partial charge in [0.25, 0.3) is 0 Å². The summed E-state index contributed by atoms with van der Waals surface area (Å²) in [5.74, 6) is -0.279. The SMILES string of the molecule is C=C/C(F)=C\C(=C)COc1ccc(N)cc1O. The minimum atomic E-state index is -0.486. The molecule has 3 nitrogen and oxygen atoms in total. The first-order valence-electron chi connectivity index (χ1n) is 4.91. The number of phenolic OH excluding ortho intramolecular Hbond substituents is 1. The lowest BCUT2D eigenvalue weighted by atomic mass is 10.2. The second kappa shape index (κ2) is 5.75. The summed E-state index contributed by atoms with van der Waals surface area (Å²) in [5.41, 5.74) is 6.33. The first-order chi connectivity index (χ1) is 8.02. The average molecular weight is 235 g/mol. The van der Waals surface area contributed by atoms with Crippen LogP contribution >= 0.6 is 0 Å². The number of aromatic hydroxyl groups is 1. The molecule has 0 atom stereocenters.